The number of halogens is 1. The molecular formula is C21H24FN3O. The van der Waals surface area contributed by atoms with Crippen LogP contribution in [0.25, 0.3) is 11.0 Å². The Hall–Kier alpha value is -2.69. The van der Waals surface area contributed by atoms with Crippen LogP contribution in [0.1, 0.15) is 38.3 Å². The molecule has 26 heavy (non-hydrogen) atoms. The number of aromatic nitrogens is 2. The minimum atomic E-state index is -0.237. The topological polar surface area (TPSA) is 46.9 Å². The number of fused-ring (bicyclic) bond motifs is 1. The van der Waals surface area contributed by atoms with Gasteiger partial charge >= 0.3 is 0 Å². The molecule has 3 rings (SSSR count). The molecule has 0 unspecified atom stereocenters. The third-order valence-corrected chi connectivity index (χ3v) is 4.16. The van der Waals surface area contributed by atoms with Crippen LogP contribution in [-0.4, -0.2) is 15.5 Å². The summed E-state index contributed by atoms with van der Waals surface area (Å²) in [6.45, 7) is 8.68. The first-order valence-corrected chi connectivity index (χ1v) is 8.72. The molecule has 1 N–H and O–H groups in total. The molecular weight excluding hydrogens is 329 g/mol. The van der Waals surface area contributed by atoms with Gasteiger partial charge in [-0.05, 0) is 47.7 Å². The molecule has 0 aliphatic carbocycles. The largest absolute Gasteiger partial charge is 0.342 e. The molecule has 2 heterocycles. The van der Waals surface area contributed by atoms with Crippen molar-refractivity contribution in [3.63, 3.8) is 0 Å². The zero-order chi connectivity index (χ0) is 18.9. The van der Waals surface area contributed by atoms with E-state index in [9.17, 15) is 9.18 Å². The van der Waals surface area contributed by atoms with Crippen molar-refractivity contribution < 1.29 is 9.18 Å². The molecule has 2 aromatic heterocycles. The summed E-state index contributed by atoms with van der Waals surface area (Å²) in [7, 11) is 0. The Morgan fingerprint density at radius 1 is 1.19 bits per heavy atom. The van der Waals surface area contributed by atoms with Crippen LogP contribution in [0.4, 0.5) is 10.2 Å². The number of nitrogens with zero attached hydrogens (tertiary/aromatic N) is 2. The normalized spacial score (nSPS) is 11.7. The molecule has 0 saturated heterocycles. The Kier molecular flexibility index (Phi) is 4.81. The molecule has 0 saturated carbocycles. The number of rotatable bonds is 4. The van der Waals surface area contributed by atoms with Crippen molar-refractivity contribution in [1.82, 2.24) is 9.55 Å². The Labute approximate surface area is 153 Å². The van der Waals surface area contributed by atoms with Crippen molar-refractivity contribution in [2.75, 3.05) is 5.32 Å². The minimum absolute atomic E-state index is 0.0294. The molecule has 1 aromatic carbocycles. The van der Waals surface area contributed by atoms with Crippen molar-refractivity contribution in [2.24, 2.45) is 5.41 Å². The second kappa shape index (κ2) is 6.90. The lowest BCUT2D eigenvalue weighted by atomic mass is 9.92. The summed E-state index contributed by atoms with van der Waals surface area (Å²) in [5, 5.41) is 2.92. The number of carbonyl (C=O) groups is 1. The fraction of sp³-hybridized carbons (Fsp3) is 0.333. The third kappa shape index (κ3) is 4.28. The van der Waals surface area contributed by atoms with Crippen LogP contribution >= 0.6 is 0 Å². The molecule has 0 fully saturated rings. The fourth-order valence-corrected chi connectivity index (χ4v) is 2.92. The van der Waals surface area contributed by atoms with Gasteiger partial charge in [0.2, 0.25) is 5.91 Å². The summed E-state index contributed by atoms with van der Waals surface area (Å²) in [6.07, 6.45) is 2.40. The van der Waals surface area contributed by atoms with Gasteiger partial charge in [0.25, 0.3) is 0 Å². The number of aryl methyl sites for hydroxylation is 1. The van der Waals surface area contributed by atoms with Crippen molar-refractivity contribution in [1.29, 1.82) is 0 Å². The van der Waals surface area contributed by atoms with E-state index in [1.807, 2.05) is 46.0 Å². The van der Waals surface area contributed by atoms with Crippen LogP contribution in [0, 0.1) is 18.2 Å². The highest BCUT2D eigenvalue weighted by Crippen LogP contribution is 2.24. The number of hydrogen-bond donors (Lipinski definition) is 1. The Morgan fingerprint density at radius 3 is 2.54 bits per heavy atom. The van der Waals surface area contributed by atoms with E-state index < -0.39 is 0 Å². The quantitative estimate of drug-likeness (QED) is 0.725. The number of anilines is 1. The summed E-state index contributed by atoms with van der Waals surface area (Å²) >= 11 is 0. The third-order valence-electron chi connectivity index (χ3n) is 4.16. The van der Waals surface area contributed by atoms with Crippen LogP contribution < -0.4 is 5.32 Å². The smallest absolute Gasteiger partial charge is 0.226 e. The van der Waals surface area contributed by atoms with Gasteiger partial charge in [0.1, 0.15) is 11.6 Å². The highest BCUT2D eigenvalue weighted by molar-refractivity contribution is 5.92. The van der Waals surface area contributed by atoms with Gasteiger partial charge in [-0.25, -0.2) is 9.37 Å². The maximum Gasteiger partial charge on any atom is 0.226 e. The van der Waals surface area contributed by atoms with Crippen LogP contribution in [0.5, 0.6) is 0 Å². The van der Waals surface area contributed by atoms with E-state index in [-0.39, 0.29) is 17.1 Å². The molecule has 1 amide bonds. The first kappa shape index (κ1) is 18.1. The molecule has 0 spiro atoms. The van der Waals surface area contributed by atoms with Gasteiger partial charge in [0, 0.05) is 19.2 Å². The maximum absolute atomic E-state index is 13.1. The van der Waals surface area contributed by atoms with E-state index in [2.05, 4.69) is 14.9 Å². The first-order chi connectivity index (χ1) is 12.2. The zero-order valence-electron chi connectivity index (χ0n) is 15.6. The summed E-state index contributed by atoms with van der Waals surface area (Å²) in [6, 6.07) is 10.4. The number of amides is 1. The van der Waals surface area contributed by atoms with Crippen molar-refractivity contribution in [3.8, 4) is 0 Å². The molecule has 5 heteroatoms. The van der Waals surface area contributed by atoms with Crippen molar-refractivity contribution in [3.05, 3.63) is 59.5 Å². The lowest BCUT2D eigenvalue weighted by Crippen LogP contribution is -2.20. The van der Waals surface area contributed by atoms with Crippen molar-refractivity contribution >= 4 is 22.8 Å². The maximum atomic E-state index is 13.1. The Bertz CT molecular complexity index is 936. The fourth-order valence-electron chi connectivity index (χ4n) is 2.92. The van der Waals surface area contributed by atoms with Gasteiger partial charge in [-0.1, -0.05) is 32.9 Å². The second-order valence-corrected chi connectivity index (χ2v) is 7.91. The highest BCUT2D eigenvalue weighted by atomic mass is 19.1. The predicted octanol–water partition coefficient (Wildman–Crippen LogP) is 4.91. The lowest BCUT2D eigenvalue weighted by molar-refractivity contribution is -0.117. The average Bonchev–Trinajstić information content (AvgIpc) is 2.90. The molecule has 4 nitrogen and oxygen atoms in total. The molecule has 0 aliphatic rings. The van der Waals surface area contributed by atoms with Gasteiger partial charge in [-0.3, -0.25) is 4.79 Å². The van der Waals surface area contributed by atoms with Gasteiger partial charge in [-0.2, -0.15) is 0 Å². The van der Waals surface area contributed by atoms with Crippen LogP contribution in [0.2, 0.25) is 0 Å². The SMILES string of the molecule is Cc1cc2c(ccn2Cc2ccc(F)cc2)nc1NC(=O)CC(C)(C)C. The number of nitrogens with one attached hydrogen (secondary N) is 1. The highest BCUT2D eigenvalue weighted by Gasteiger charge is 2.17. The van der Waals surface area contributed by atoms with Gasteiger partial charge in [0.05, 0.1) is 11.0 Å². The molecule has 3 aromatic rings. The molecule has 0 bridgehead atoms. The molecule has 0 radical (unpaired) electrons. The Balaban J connectivity index is 1.84. The molecule has 0 atom stereocenters. The predicted molar refractivity (Wildman–Crippen MR) is 103 cm³/mol. The molecule has 136 valence electrons. The van der Waals surface area contributed by atoms with E-state index in [4.69, 9.17) is 0 Å². The van der Waals surface area contributed by atoms with Crippen LogP contribution in [-0.2, 0) is 11.3 Å². The van der Waals surface area contributed by atoms with Gasteiger partial charge in [0.15, 0.2) is 0 Å². The summed E-state index contributed by atoms with van der Waals surface area (Å²) in [4.78, 5) is 16.8. The van der Waals surface area contributed by atoms with E-state index in [0.717, 1.165) is 22.2 Å². The van der Waals surface area contributed by atoms with Crippen LogP contribution in [0.15, 0.2) is 42.6 Å². The van der Waals surface area contributed by atoms with E-state index in [0.29, 0.717) is 18.8 Å². The monoisotopic (exact) mass is 353 g/mol. The summed E-state index contributed by atoms with van der Waals surface area (Å²) in [5.74, 6) is 0.337. The van der Waals surface area contributed by atoms with Gasteiger partial charge in [-0.15, -0.1) is 0 Å². The summed E-state index contributed by atoms with van der Waals surface area (Å²) < 4.78 is 15.1. The second-order valence-electron chi connectivity index (χ2n) is 7.91. The Morgan fingerprint density at radius 2 is 1.88 bits per heavy atom. The number of hydrogen-bond acceptors (Lipinski definition) is 2. The van der Waals surface area contributed by atoms with E-state index >= 15 is 0 Å². The first-order valence-electron chi connectivity index (χ1n) is 8.72. The lowest BCUT2D eigenvalue weighted by Gasteiger charge is -2.17. The standard InChI is InChI=1S/C21H24FN3O/c1-14-11-18-17(23-20(14)24-19(26)12-21(2,3)4)9-10-25(18)13-15-5-7-16(22)8-6-15/h5-11H,12-13H2,1-4H3,(H,23,24,26). The van der Waals surface area contributed by atoms with Crippen LogP contribution in [0.3, 0.4) is 0 Å². The average molecular weight is 353 g/mol. The van der Waals surface area contributed by atoms with Crippen molar-refractivity contribution in [2.45, 2.75) is 40.7 Å². The summed E-state index contributed by atoms with van der Waals surface area (Å²) in [5.41, 5.74) is 3.67. The minimum Gasteiger partial charge on any atom is -0.342 e. The number of carbonyl (C=O) groups excluding carboxylic acids is 1. The van der Waals surface area contributed by atoms with E-state index in [1.54, 1.807) is 12.1 Å². The van der Waals surface area contributed by atoms with Gasteiger partial charge < -0.3 is 9.88 Å². The molecule has 0 aliphatic heterocycles. The number of benzene rings is 1. The van der Waals surface area contributed by atoms with E-state index in [1.165, 1.54) is 12.1 Å². The number of pyridine rings is 1. The zero-order valence-corrected chi connectivity index (χ0v) is 15.6.